The molecule has 3 rings (SSSR count). The lowest BCUT2D eigenvalue weighted by molar-refractivity contribution is -0.136. The van der Waals surface area contributed by atoms with Crippen molar-refractivity contribution in [2.75, 3.05) is 7.11 Å². The Hall–Kier alpha value is -2.95. The summed E-state index contributed by atoms with van der Waals surface area (Å²) < 4.78 is 10.7. The number of carbonyl (C=O) groups is 1. The fourth-order valence-electron chi connectivity index (χ4n) is 3.52. The lowest BCUT2D eigenvalue weighted by Gasteiger charge is -2.22. The molecule has 0 N–H and O–H groups in total. The van der Waals surface area contributed by atoms with E-state index < -0.39 is 5.97 Å². The monoisotopic (exact) mass is 411 g/mol. The maximum absolute atomic E-state index is 11.8. The molecule has 1 fully saturated rings. The second-order valence-corrected chi connectivity index (χ2v) is 7.34. The van der Waals surface area contributed by atoms with Gasteiger partial charge in [0.05, 0.1) is 7.11 Å². The Balaban J connectivity index is 1.86. The predicted octanol–water partition coefficient (Wildman–Crippen LogP) is 7.00. The van der Waals surface area contributed by atoms with Gasteiger partial charge in [0.15, 0.2) is 0 Å². The van der Waals surface area contributed by atoms with Crippen molar-refractivity contribution in [3.05, 3.63) is 74.8 Å². The number of azide groups is 1. The molecule has 0 amide bonds. The molecular formula is C22H22ClN3O3. The van der Waals surface area contributed by atoms with Gasteiger partial charge in [-0.1, -0.05) is 48.1 Å². The van der Waals surface area contributed by atoms with E-state index in [-0.39, 0.29) is 5.70 Å². The molecule has 1 aliphatic carbocycles. The summed E-state index contributed by atoms with van der Waals surface area (Å²) in [5, 5.41) is 3.89. The molecule has 7 heteroatoms. The molecule has 1 saturated carbocycles. The first-order chi connectivity index (χ1) is 14.1. The Morgan fingerprint density at radius 2 is 1.90 bits per heavy atom. The van der Waals surface area contributed by atoms with Crippen LogP contribution in [-0.4, -0.2) is 13.1 Å². The Morgan fingerprint density at radius 1 is 1.17 bits per heavy atom. The second-order valence-electron chi connectivity index (χ2n) is 6.90. The van der Waals surface area contributed by atoms with Crippen LogP contribution in [-0.2, 0) is 9.53 Å². The van der Waals surface area contributed by atoms with Crippen LogP contribution < -0.4 is 4.74 Å². The van der Waals surface area contributed by atoms with E-state index in [4.69, 9.17) is 21.9 Å². The van der Waals surface area contributed by atoms with Crippen LogP contribution in [0.3, 0.4) is 0 Å². The third-order valence-corrected chi connectivity index (χ3v) is 5.23. The molecule has 0 unspecified atom stereocenters. The zero-order valence-electron chi connectivity index (χ0n) is 16.2. The number of esters is 1. The Morgan fingerprint density at radius 3 is 2.55 bits per heavy atom. The van der Waals surface area contributed by atoms with Crippen LogP contribution in [0.2, 0.25) is 5.02 Å². The summed E-state index contributed by atoms with van der Waals surface area (Å²) in [5.74, 6) is 0.983. The first-order valence-electron chi connectivity index (χ1n) is 9.53. The molecule has 150 valence electrons. The minimum Gasteiger partial charge on any atom is -0.466 e. The zero-order chi connectivity index (χ0) is 20.6. The summed E-state index contributed by atoms with van der Waals surface area (Å²) in [4.78, 5) is 14.5. The Bertz CT molecular complexity index is 944. The zero-order valence-corrected chi connectivity index (χ0v) is 16.9. The minimum atomic E-state index is -0.736. The molecular weight excluding hydrogens is 390 g/mol. The van der Waals surface area contributed by atoms with E-state index in [1.165, 1.54) is 50.9 Å². The van der Waals surface area contributed by atoms with Gasteiger partial charge < -0.3 is 9.47 Å². The van der Waals surface area contributed by atoms with Gasteiger partial charge in [0, 0.05) is 21.6 Å². The molecule has 0 aromatic heterocycles. The maximum Gasteiger partial charge on any atom is 0.340 e. The standard InChI is InChI=1S/C22H22ClN3O3/c1-28-22(27)20(25-26-24)13-17-7-10-18(23)14-21(17)29-19-11-8-16(9-12-19)15-5-3-2-4-6-15/h7-15H,2-6H2,1H3/b20-13+. The van der Waals surface area contributed by atoms with Crippen molar-refractivity contribution >= 4 is 23.6 Å². The van der Waals surface area contributed by atoms with E-state index in [0.717, 1.165) is 0 Å². The number of hydrogen-bond acceptors (Lipinski definition) is 4. The van der Waals surface area contributed by atoms with Gasteiger partial charge in [0.25, 0.3) is 0 Å². The molecule has 0 aliphatic heterocycles. The molecule has 0 bridgehead atoms. The fourth-order valence-corrected chi connectivity index (χ4v) is 3.68. The van der Waals surface area contributed by atoms with Gasteiger partial charge in [-0.05, 0) is 60.2 Å². The van der Waals surface area contributed by atoms with Crippen molar-refractivity contribution in [3.8, 4) is 11.5 Å². The summed E-state index contributed by atoms with van der Waals surface area (Å²) in [5.41, 5.74) is 10.4. The molecule has 0 spiro atoms. The maximum atomic E-state index is 11.8. The van der Waals surface area contributed by atoms with E-state index >= 15 is 0 Å². The van der Waals surface area contributed by atoms with E-state index in [1.807, 2.05) is 12.1 Å². The summed E-state index contributed by atoms with van der Waals surface area (Å²) in [7, 11) is 1.22. The third kappa shape index (κ3) is 5.53. The average Bonchev–Trinajstić information content (AvgIpc) is 2.75. The molecule has 0 radical (unpaired) electrons. The number of ether oxygens (including phenoxy) is 2. The molecule has 0 heterocycles. The second kappa shape index (κ2) is 10.0. The van der Waals surface area contributed by atoms with Gasteiger partial charge in [0.1, 0.15) is 17.2 Å². The first kappa shape index (κ1) is 20.8. The van der Waals surface area contributed by atoms with Crippen LogP contribution in [0, 0.1) is 0 Å². The van der Waals surface area contributed by atoms with Crippen LogP contribution in [0.5, 0.6) is 11.5 Å². The highest BCUT2D eigenvalue weighted by molar-refractivity contribution is 6.30. The Kier molecular flexibility index (Phi) is 7.17. The first-order valence-corrected chi connectivity index (χ1v) is 9.91. The lowest BCUT2D eigenvalue weighted by Crippen LogP contribution is -2.04. The van der Waals surface area contributed by atoms with Crippen LogP contribution in [0.4, 0.5) is 0 Å². The molecule has 2 aromatic carbocycles. The largest absolute Gasteiger partial charge is 0.466 e. The van der Waals surface area contributed by atoms with E-state index in [2.05, 4.69) is 26.9 Å². The van der Waals surface area contributed by atoms with Crippen molar-refractivity contribution < 1.29 is 14.3 Å². The predicted molar refractivity (Wildman–Crippen MR) is 113 cm³/mol. The van der Waals surface area contributed by atoms with Crippen molar-refractivity contribution in [1.29, 1.82) is 0 Å². The SMILES string of the molecule is COC(=O)/C(=C\c1ccc(Cl)cc1Oc1ccc(C2CCCCC2)cc1)N=[N+]=[N-]. The van der Waals surface area contributed by atoms with Crippen LogP contribution in [0.15, 0.2) is 53.3 Å². The summed E-state index contributed by atoms with van der Waals surface area (Å²) in [6.07, 6.45) is 7.78. The topological polar surface area (TPSA) is 84.3 Å². The number of nitrogens with zero attached hydrogens (tertiary/aromatic N) is 3. The smallest absolute Gasteiger partial charge is 0.340 e. The number of hydrogen-bond donors (Lipinski definition) is 0. The van der Waals surface area contributed by atoms with Crippen LogP contribution in [0.1, 0.15) is 49.1 Å². The minimum absolute atomic E-state index is 0.171. The van der Waals surface area contributed by atoms with Gasteiger partial charge in [0.2, 0.25) is 0 Å². The van der Waals surface area contributed by atoms with Crippen LogP contribution in [0.25, 0.3) is 16.5 Å². The highest BCUT2D eigenvalue weighted by Crippen LogP contribution is 2.35. The molecule has 29 heavy (non-hydrogen) atoms. The Labute approximate surface area is 174 Å². The molecule has 1 aliphatic rings. The summed E-state index contributed by atoms with van der Waals surface area (Å²) in [6, 6.07) is 13.1. The number of methoxy groups -OCH3 is 1. The number of carbonyl (C=O) groups excluding carboxylic acids is 1. The quantitative estimate of drug-likeness (QED) is 0.168. The van der Waals surface area contributed by atoms with Crippen molar-refractivity contribution in [3.63, 3.8) is 0 Å². The molecule has 0 saturated heterocycles. The van der Waals surface area contributed by atoms with E-state index in [0.29, 0.717) is 28.0 Å². The van der Waals surface area contributed by atoms with Gasteiger partial charge in [-0.2, -0.15) is 0 Å². The normalized spacial score (nSPS) is 14.8. The highest BCUT2D eigenvalue weighted by atomic mass is 35.5. The summed E-state index contributed by atoms with van der Waals surface area (Å²) >= 11 is 6.12. The average molecular weight is 412 g/mol. The third-order valence-electron chi connectivity index (χ3n) is 5.00. The van der Waals surface area contributed by atoms with Gasteiger partial charge in [-0.3, -0.25) is 0 Å². The van der Waals surface area contributed by atoms with E-state index in [9.17, 15) is 4.79 Å². The van der Waals surface area contributed by atoms with Gasteiger partial charge >= 0.3 is 5.97 Å². The van der Waals surface area contributed by atoms with Gasteiger partial charge in [-0.25, -0.2) is 4.79 Å². The van der Waals surface area contributed by atoms with Crippen molar-refractivity contribution in [2.45, 2.75) is 38.0 Å². The van der Waals surface area contributed by atoms with Gasteiger partial charge in [-0.15, -0.1) is 0 Å². The highest BCUT2D eigenvalue weighted by Gasteiger charge is 2.16. The molecule has 0 atom stereocenters. The van der Waals surface area contributed by atoms with Crippen molar-refractivity contribution in [1.82, 2.24) is 0 Å². The molecule has 6 nitrogen and oxygen atoms in total. The number of halogens is 1. The van der Waals surface area contributed by atoms with E-state index in [1.54, 1.807) is 18.2 Å². The summed E-state index contributed by atoms with van der Waals surface area (Å²) in [6.45, 7) is 0. The van der Waals surface area contributed by atoms with Crippen molar-refractivity contribution in [2.24, 2.45) is 5.11 Å². The molecule has 2 aromatic rings. The lowest BCUT2D eigenvalue weighted by atomic mass is 9.84. The fraction of sp³-hybridized carbons (Fsp3) is 0.318. The number of benzene rings is 2. The van der Waals surface area contributed by atoms with Crippen LogP contribution >= 0.6 is 11.6 Å². The number of rotatable bonds is 6.